The Balaban J connectivity index is 1.80. The fourth-order valence-corrected chi connectivity index (χ4v) is 5.62. The number of halogens is 1. The van der Waals surface area contributed by atoms with E-state index in [4.69, 9.17) is 18.5 Å². The van der Waals surface area contributed by atoms with Gasteiger partial charge in [0.1, 0.15) is 24.1 Å². The van der Waals surface area contributed by atoms with Crippen LogP contribution in [0.2, 0.25) is 0 Å². The fraction of sp³-hybridized carbons (Fsp3) is 0.458. The van der Waals surface area contributed by atoms with Crippen LogP contribution >= 0.6 is 23.7 Å². The van der Waals surface area contributed by atoms with Crippen molar-refractivity contribution in [3.05, 3.63) is 67.9 Å². The number of aliphatic hydroxyl groups is 1. The third-order valence-electron chi connectivity index (χ3n) is 5.64. The second-order valence-electron chi connectivity index (χ2n) is 9.01. The van der Waals surface area contributed by atoms with Crippen LogP contribution in [0, 0.1) is 5.92 Å². The Kier molecular flexibility index (Phi) is 10.7. The van der Waals surface area contributed by atoms with Gasteiger partial charge in [-0.2, -0.15) is 5.09 Å². The molecule has 0 amide bonds. The molecule has 14 heteroatoms. The van der Waals surface area contributed by atoms with Crippen LogP contribution in [-0.2, 0) is 23.4 Å². The highest BCUT2D eigenvalue weighted by Gasteiger charge is 2.40. The number of H-pyrrole nitrogens is 1. The molecule has 1 fully saturated rings. The highest BCUT2D eigenvalue weighted by atomic mass is 79.9. The van der Waals surface area contributed by atoms with E-state index in [9.17, 15) is 24.1 Å². The molecule has 1 aromatic carbocycles. The maximum atomic E-state index is 13.8. The van der Waals surface area contributed by atoms with Crippen LogP contribution < -0.4 is 20.9 Å². The van der Waals surface area contributed by atoms with Crippen molar-refractivity contribution in [1.82, 2.24) is 14.6 Å². The van der Waals surface area contributed by atoms with Gasteiger partial charge in [0.2, 0.25) is 0 Å². The summed E-state index contributed by atoms with van der Waals surface area (Å²) in [5.74, 6) is -0.353. The summed E-state index contributed by atoms with van der Waals surface area (Å²) < 4.78 is 37.0. The standard InChI is InChI=1S/C24H31BrN3O9P/c1-15(2)11-18(23(31)34-3)27-38(33,37-17-7-5-4-6-8-17)35-14-20-19(29)12-21(36-20)28-13-16(9-10-25)22(30)26-24(28)32/h4-10,13,15,18-21,29H,11-12,14H2,1-3H3,(H,27,33)(H,26,30,32)/b10-9+/t18-,19-,20+,21+,38?/m0/s1. The van der Waals surface area contributed by atoms with Gasteiger partial charge >= 0.3 is 19.4 Å². The van der Waals surface area contributed by atoms with Gasteiger partial charge in [0, 0.05) is 12.6 Å². The Morgan fingerprint density at radius 2 is 2.05 bits per heavy atom. The molecule has 3 rings (SSSR count). The van der Waals surface area contributed by atoms with Crippen molar-refractivity contribution >= 4 is 35.7 Å². The molecule has 0 spiro atoms. The second kappa shape index (κ2) is 13.5. The summed E-state index contributed by atoms with van der Waals surface area (Å²) in [5.41, 5.74) is -1.09. The molecule has 0 aliphatic carbocycles. The van der Waals surface area contributed by atoms with E-state index >= 15 is 0 Å². The molecule has 0 saturated carbocycles. The van der Waals surface area contributed by atoms with Crippen LogP contribution in [-0.4, -0.2) is 52.6 Å². The zero-order valence-corrected chi connectivity index (χ0v) is 23.6. The SMILES string of the molecule is COC(=O)[C@H](CC(C)C)NP(=O)(OC[C@H]1O[C@@H](n2cc(/C=C/Br)c(=O)[nH]c2=O)C[C@@H]1O)Oc1ccccc1. The summed E-state index contributed by atoms with van der Waals surface area (Å²) in [6, 6.07) is 7.28. The Morgan fingerprint density at radius 1 is 1.34 bits per heavy atom. The molecular weight excluding hydrogens is 585 g/mol. The molecule has 1 aromatic heterocycles. The molecule has 5 atom stereocenters. The van der Waals surface area contributed by atoms with Crippen LogP contribution in [0.4, 0.5) is 0 Å². The van der Waals surface area contributed by atoms with Crippen molar-refractivity contribution in [1.29, 1.82) is 0 Å². The number of ether oxygens (including phenoxy) is 2. The number of methoxy groups -OCH3 is 1. The van der Waals surface area contributed by atoms with Crippen LogP contribution in [0.1, 0.15) is 38.5 Å². The summed E-state index contributed by atoms with van der Waals surface area (Å²) in [4.78, 5) is 40.4. The lowest BCUT2D eigenvalue weighted by Gasteiger charge is -2.26. The second-order valence-corrected chi connectivity index (χ2v) is 11.2. The minimum atomic E-state index is -4.20. The number of benzene rings is 1. The number of aliphatic hydroxyl groups excluding tert-OH is 1. The van der Waals surface area contributed by atoms with Crippen molar-refractivity contribution in [3.8, 4) is 5.75 Å². The Morgan fingerprint density at radius 3 is 2.68 bits per heavy atom. The van der Waals surface area contributed by atoms with Crippen molar-refractivity contribution in [3.63, 3.8) is 0 Å². The number of hydrogen-bond acceptors (Lipinski definition) is 9. The number of nitrogens with zero attached hydrogens (tertiary/aromatic N) is 1. The Labute approximate surface area is 227 Å². The van der Waals surface area contributed by atoms with Gasteiger partial charge in [-0.1, -0.05) is 48.0 Å². The molecule has 0 radical (unpaired) electrons. The normalized spacial score (nSPS) is 21.9. The summed E-state index contributed by atoms with van der Waals surface area (Å²) >= 11 is 3.09. The Hall–Kier alpha value is -2.54. The van der Waals surface area contributed by atoms with E-state index in [0.29, 0.717) is 6.42 Å². The molecule has 1 aliphatic rings. The first-order valence-electron chi connectivity index (χ1n) is 11.9. The average Bonchev–Trinajstić information content (AvgIpc) is 3.24. The lowest BCUT2D eigenvalue weighted by atomic mass is 10.1. The van der Waals surface area contributed by atoms with Crippen LogP contribution in [0.15, 0.2) is 51.1 Å². The van der Waals surface area contributed by atoms with Crippen molar-refractivity contribution in [2.75, 3.05) is 13.7 Å². The van der Waals surface area contributed by atoms with Gasteiger partial charge in [0.15, 0.2) is 0 Å². The number of nitrogens with one attached hydrogen (secondary N) is 2. The minimum absolute atomic E-state index is 0.00680. The zero-order chi connectivity index (χ0) is 27.9. The number of para-hydroxylation sites is 1. The van der Waals surface area contributed by atoms with Gasteiger partial charge in [-0.15, -0.1) is 0 Å². The summed E-state index contributed by atoms with van der Waals surface area (Å²) in [6.07, 6.45) is 0.0687. The van der Waals surface area contributed by atoms with Crippen LogP contribution in [0.5, 0.6) is 5.75 Å². The van der Waals surface area contributed by atoms with Gasteiger partial charge in [-0.25, -0.2) is 9.36 Å². The lowest BCUT2D eigenvalue weighted by Crippen LogP contribution is -2.39. The molecule has 0 bridgehead atoms. The van der Waals surface area contributed by atoms with Crippen LogP contribution in [0.25, 0.3) is 6.08 Å². The predicted octanol–water partition coefficient (Wildman–Crippen LogP) is 2.93. The first kappa shape index (κ1) is 30.0. The topological polar surface area (TPSA) is 158 Å². The number of aromatic amines is 1. The number of esters is 1. The highest BCUT2D eigenvalue weighted by molar-refractivity contribution is 9.11. The largest absolute Gasteiger partial charge is 0.468 e. The van der Waals surface area contributed by atoms with E-state index in [1.165, 1.54) is 24.4 Å². The van der Waals surface area contributed by atoms with E-state index in [0.717, 1.165) is 4.57 Å². The predicted molar refractivity (Wildman–Crippen MR) is 143 cm³/mol. The first-order valence-corrected chi connectivity index (χ1v) is 14.3. The van der Waals surface area contributed by atoms with E-state index in [2.05, 4.69) is 26.0 Å². The van der Waals surface area contributed by atoms with Crippen molar-refractivity contribution in [2.45, 2.75) is 51.2 Å². The quantitative estimate of drug-likeness (QED) is 0.239. The summed E-state index contributed by atoms with van der Waals surface area (Å²) in [7, 11) is -2.97. The van der Waals surface area contributed by atoms with Gasteiger partial charge in [-0.3, -0.25) is 23.7 Å². The van der Waals surface area contributed by atoms with Crippen molar-refractivity contribution in [2.24, 2.45) is 5.92 Å². The van der Waals surface area contributed by atoms with E-state index in [-0.39, 0.29) is 23.7 Å². The molecular formula is C24H31BrN3O9P. The maximum absolute atomic E-state index is 13.8. The molecule has 1 saturated heterocycles. The Bertz CT molecular complexity index is 1280. The monoisotopic (exact) mass is 615 g/mol. The molecule has 12 nitrogen and oxygen atoms in total. The smallest absolute Gasteiger partial charge is 0.459 e. The molecule has 208 valence electrons. The molecule has 1 unspecified atom stereocenters. The maximum Gasteiger partial charge on any atom is 0.459 e. The molecule has 2 aromatic rings. The zero-order valence-electron chi connectivity index (χ0n) is 21.1. The first-order chi connectivity index (χ1) is 18.0. The fourth-order valence-electron chi connectivity index (χ4n) is 3.83. The van der Waals surface area contributed by atoms with Gasteiger partial charge in [-0.05, 0) is 35.5 Å². The summed E-state index contributed by atoms with van der Waals surface area (Å²) in [6.45, 7) is 3.39. The van der Waals surface area contributed by atoms with E-state index in [1.54, 1.807) is 30.3 Å². The molecule has 38 heavy (non-hydrogen) atoms. The number of rotatable bonds is 12. The van der Waals surface area contributed by atoms with Gasteiger partial charge < -0.3 is 19.1 Å². The third-order valence-corrected chi connectivity index (χ3v) is 7.47. The third kappa shape index (κ3) is 7.98. The van der Waals surface area contributed by atoms with E-state index < -0.39 is 56.0 Å². The van der Waals surface area contributed by atoms with Crippen molar-refractivity contribution < 1.29 is 33.0 Å². The molecule has 1 aliphatic heterocycles. The van der Waals surface area contributed by atoms with E-state index in [1.807, 2.05) is 13.8 Å². The number of carbonyl (C=O) groups excluding carboxylic acids is 1. The van der Waals surface area contributed by atoms with Gasteiger partial charge in [0.05, 0.1) is 25.4 Å². The number of hydrogen-bond donors (Lipinski definition) is 3. The van der Waals surface area contributed by atoms with Gasteiger partial charge in [0.25, 0.3) is 5.56 Å². The molecule has 2 heterocycles. The highest BCUT2D eigenvalue weighted by Crippen LogP contribution is 2.46. The summed E-state index contributed by atoms with van der Waals surface area (Å²) in [5, 5.41) is 13.3. The number of carbonyl (C=O) groups is 1. The minimum Gasteiger partial charge on any atom is -0.468 e. The lowest BCUT2D eigenvalue weighted by molar-refractivity contribution is -0.143. The average molecular weight is 616 g/mol. The molecule has 3 N–H and O–H groups in total. The number of aromatic nitrogens is 2. The van der Waals surface area contributed by atoms with Crippen LogP contribution in [0.3, 0.4) is 0 Å².